The predicted octanol–water partition coefficient (Wildman–Crippen LogP) is 1.85. The van der Waals surface area contributed by atoms with E-state index < -0.39 is 21.5 Å². The summed E-state index contributed by atoms with van der Waals surface area (Å²) in [4.78, 5) is 11.7. The molecule has 142 valence electrons. The third-order valence-electron chi connectivity index (χ3n) is 3.64. The number of nitrogens with one attached hydrogen (secondary N) is 2. The maximum Gasteiger partial charge on any atom is 0.235 e. The van der Waals surface area contributed by atoms with Crippen molar-refractivity contribution in [3.8, 4) is 0 Å². The van der Waals surface area contributed by atoms with E-state index in [1.165, 1.54) is 0 Å². The lowest BCUT2D eigenvalue weighted by atomic mass is 9.95. The number of hydrogen-bond acceptors (Lipinski definition) is 5. The van der Waals surface area contributed by atoms with Crippen LogP contribution in [0.25, 0.3) is 0 Å². The van der Waals surface area contributed by atoms with Crippen LogP contribution in [0.4, 0.5) is 0 Å². The zero-order valence-corrected chi connectivity index (χ0v) is 16.8. The number of sulfone groups is 1. The number of carbonyl (C=O) groups excluding carboxylic acids is 1. The largest absolute Gasteiger partial charge is 0.372 e. The van der Waals surface area contributed by atoms with E-state index >= 15 is 0 Å². The number of rotatable bonds is 5. The summed E-state index contributed by atoms with van der Waals surface area (Å²) < 4.78 is 28.3. The summed E-state index contributed by atoms with van der Waals surface area (Å²) in [7, 11) is -3.35. The summed E-state index contributed by atoms with van der Waals surface area (Å²) in [6, 6.07) is 5.31. The molecule has 0 spiro atoms. The zero-order valence-electron chi connectivity index (χ0n) is 13.6. The molecular weight excluding hydrogens is 411 g/mol. The van der Waals surface area contributed by atoms with Crippen LogP contribution in [0.2, 0.25) is 10.0 Å². The maximum atomic E-state index is 11.7. The topological polar surface area (TPSA) is 84.5 Å². The van der Waals surface area contributed by atoms with E-state index in [4.69, 9.17) is 27.9 Å². The molecule has 1 heterocycles. The molecule has 2 atom stereocenters. The van der Waals surface area contributed by atoms with E-state index in [0.717, 1.165) is 11.8 Å². The smallest absolute Gasteiger partial charge is 0.235 e. The van der Waals surface area contributed by atoms with Gasteiger partial charge in [0.1, 0.15) is 5.75 Å². The highest BCUT2D eigenvalue weighted by Crippen LogP contribution is 2.31. The molecule has 10 heteroatoms. The summed E-state index contributed by atoms with van der Waals surface area (Å²) in [5.74, 6) is -1.10. The quantitative estimate of drug-likeness (QED) is 0.743. The molecule has 1 amide bonds. The molecule has 1 aromatic rings. The molecule has 2 rings (SSSR count). The highest BCUT2D eigenvalue weighted by molar-refractivity contribution is 7.91. The van der Waals surface area contributed by atoms with Crippen LogP contribution in [-0.4, -0.2) is 52.6 Å². The van der Waals surface area contributed by atoms with Crippen molar-refractivity contribution < 1.29 is 17.9 Å². The summed E-state index contributed by atoms with van der Waals surface area (Å²) in [6.07, 6.45) is 0.759. The van der Waals surface area contributed by atoms with Crippen molar-refractivity contribution in [2.75, 3.05) is 38.2 Å². The fourth-order valence-corrected chi connectivity index (χ4v) is 3.44. The average Bonchev–Trinajstić information content (AvgIpc) is 2.71. The molecule has 1 aliphatic rings. The van der Waals surface area contributed by atoms with Crippen molar-refractivity contribution in [2.24, 2.45) is 5.92 Å². The normalized spacial score (nSPS) is 21.1. The number of benzene rings is 1. The van der Waals surface area contributed by atoms with E-state index in [0.29, 0.717) is 36.3 Å². The summed E-state index contributed by atoms with van der Waals surface area (Å²) in [5.41, 5.74) is 0.871. The van der Waals surface area contributed by atoms with Crippen LogP contribution in [-0.2, 0) is 19.4 Å². The van der Waals surface area contributed by atoms with Gasteiger partial charge in [-0.2, -0.15) is 0 Å². The second-order valence-electron chi connectivity index (χ2n) is 5.80. The Hall–Kier alpha value is -0.570. The Labute approximate surface area is 163 Å². The zero-order chi connectivity index (χ0) is 17.7. The van der Waals surface area contributed by atoms with Gasteiger partial charge in [-0.3, -0.25) is 4.79 Å². The van der Waals surface area contributed by atoms with Gasteiger partial charge in [-0.1, -0.05) is 29.3 Å². The van der Waals surface area contributed by atoms with Crippen molar-refractivity contribution in [3.63, 3.8) is 0 Å². The van der Waals surface area contributed by atoms with Crippen LogP contribution in [0.5, 0.6) is 0 Å². The predicted molar refractivity (Wildman–Crippen MR) is 101 cm³/mol. The Balaban J connectivity index is 0.00000312. The number of carbonyl (C=O) groups is 1. The highest BCUT2D eigenvalue weighted by Gasteiger charge is 2.27. The highest BCUT2D eigenvalue weighted by atomic mass is 35.5. The van der Waals surface area contributed by atoms with E-state index in [9.17, 15) is 13.2 Å². The maximum absolute atomic E-state index is 11.7. The van der Waals surface area contributed by atoms with Gasteiger partial charge in [-0.15, -0.1) is 12.4 Å². The Morgan fingerprint density at radius 2 is 2.08 bits per heavy atom. The minimum Gasteiger partial charge on any atom is -0.372 e. The Morgan fingerprint density at radius 3 is 2.72 bits per heavy atom. The van der Waals surface area contributed by atoms with Crippen LogP contribution in [0.15, 0.2) is 18.2 Å². The van der Waals surface area contributed by atoms with Gasteiger partial charge in [-0.05, 0) is 17.7 Å². The fraction of sp³-hybridized carbons (Fsp3) is 0.533. The number of amides is 1. The van der Waals surface area contributed by atoms with Gasteiger partial charge in [-0.25, -0.2) is 8.42 Å². The Kier molecular flexibility index (Phi) is 8.94. The fourth-order valence-electron chi connectivity index (χ4n) is 2.56. The van der Waals surface area contributed by atoms with Crippen LogP contribution in [0.1, 0.15) is 11.7 Å². The Bertz CT molecular complexity index is 700. The Morgan fingerprint density at radius 1 is 1.36 bits per heavy atom. The third kappa shape index (κ3) is 7.29. The van der Waals surface area contributed by atoms with E-state index in [-0.39, 0.29) is 24.4 Å². The van der Waals surface area contributed by atoms with Gasteiger partial charge < -0.3 is 15.4 Å². The molecule has 0 unspecified atom stereocenters. The van der Waals surface area contributed by atoms with E-state index in [1.807, 2.05) is 6.07 Å². The number of halogens is 3. The lowest BCUT2D eigenvalue weighted by Crippen LogP contribution is -2.38. The van der Waals surface area contributed by atoms with Crippen molar-refractivity contribution in [1.82, 2.24) is 10.6 Å². The number of ether oxygens (including phenoxy) is 1. The molecular formula is C15H21Cl3N2O4S. The van der Waals surface area contributed by atoms with Gasteiger partial charge in [0.15, 0.2) is 9.84 Å². The number of hydrogen-bond donors (Lipinski definition) is 2. The lowest BCUT2D eigenvalue weighted by molar-refractivity contribution is -0.119. The first-order valence-electron chi connectivity index (χ1n) is 7.48. The summed E-state index contributed by atoms with van der Waals surface area (Å²) >= 11 is 12.0. The molecule has 1 aromatic carbocycles. The minimum atomic E-state index is -3.35. The third-order valence-corrected chi connectivity index (χ3v) is 5.16. The monoisotopic (exact) mass is 430 g/mol. The van der Waals surface area contributed by atoms with Crippen LogP contribution in [0.3, 0.4) is 0 Å². The first kappa shape index (κ1) is 22.5. The molecule has 1 saturated heterocycles. The van der Waals surface area contributed by atoms with Gasteiger partial charge >= 0.3 is 0 Å². The first-order valence-corrected chi connectivity index (χ1v) is 10.3. The molecule has 0 radical (unpaired) electrons. The molecule has 0 bridgehead atoms. The van der Waals surface area contributed by atoms with Gasteiger partial charge in [0.05, 0.1) is 22.8 Å². The van der Waals surface area contributed by atoms with E-state index in [1.54, 1.807) is 12.1 Å². The average molecular weight is 432 g/mol. The molecule has 0 aromatic heterocycles. The molecule has 6 nitrogen and oxygen atoms in total. The van der Waals surface area contributed by atoms with E-state index in [2.05, 4.69) is 10.6 Å². The molecule has 1 aliphatic heterocycles. The summed E-state index contributed by atoms with van der Waals surface area (Å²) in [6.45, 7) is 2.15. The standard InChI is InChI=1S/C15H20Cl2N2O4S.ClH/c1-24(21,22)9-14(20)19-8-11-7-18-4-5-23-15(11)10-2-3-12(16)13(17)6-10;/h2-3,6,11,15,18H,4-5,7-9H2,1H3,(H,19,20);1H/t11-,15-;/m1./s1. The molecule has 0 aliphatic carbocycles. The molecule has 0 saturated carbocycles. The molecule has 25 heavy (non-hydrogen) atoms. The van der Waals surface area contributed by atoms with Crippen molar-refractivity contribution in [3.05, 3.63) is 33.8 Å². The summed E-state index contributed by atoms with van der Waals surface area (Å²) in [5, 5.41) is 6.81. The van der Waals surface area contributed by atoms with Gasteiger partial charge in [0.25, 0.3) is 0 Å². The SMILES string of the molecule is CS(=O)(=O)CC(=O)NC[C@H]1CNCCO[C@@H]1c1ccc(Cl)c(Cl)c1.Cl. The second-order valence-corrected chi connectivity index (χ2v) is 8.76. The van der Waals surface area contributed by atoms with Crippen molar-refractivity contribution >= 4 is 51.4 Å². The molecule has 1 fully saturated rings. The van der Waals surface area contributed by atoms with Crippen molar-refractivity contribution in [1.29, 1.82) is 0 Å². The first-order chi connectivity index (χ1) is 11.3. The lowest BCUT2D eigenvalue weighted by Gasteiger charge is -2.25. The van der Waals surface area contributed by atoms with Crippen LogP contribution >= 0.6 is 35.6 Å². The van der Waals surface area contributed by atoms with Gasteiger partial charge in [0.2, 0.25) is 5.91 Å². The minimum absolute atomic E-state index is 0. The van der Waals surface area contributed by atoms with Crippen molar-refractivity contribution in [2.45, 2.75) is 6.10 Å². The van der Waals surface area contributed by atoms with Crippen LogP contribution in [0, 0.1) is 5.92 Å². The van der Waals surface area contributed by atoms with Gasteiger partial charge in [0, 0.05) is 31.8 Å². The van der Waals surface area contributed by atoms with Crippen LogP contribution < -0.4 is 10.6 Å². The second kappa shape index (κ2) is 9.94. The molecule has 2 N–H and O–H groups in total.